The molecule has 0 aliphatic rings. The summed E-state index contributed by atoms with van der Waals surface area (Å²) in [6.07, 6.45) is 3.84. The van der Waals surface area contributed by atoms with Gasteiger partial charge in [-0.15, -0.1) is 59.7 Å². The molecule has 0 bridgehead atoms. The fourth-order valence-corrected chi connectivity index (χ4v) is 7.72. The SMILES string of the molecule is C[Si](C)(C)c1ccc(-c2[c-]cccc2)nc1.[2H]C(C)(c1ccnc(-c2[c-]ccc3c2sc2cc(-c4ccccc4)ccc23)c1)C(C)C.[Ir]. The maximum atomic E-state index is 8.80. The number of thiophene rings is 1. The molecule has 0 saturated carbocycles. The van der Waals surface area contributed by atoms with Crippen molar-refractivity contribution in [2.24, 2.45) is 5.92 Å². The Morgan fingerprint density at radius 1 is 0.723 bits per heavy atom. The third-order valence-electron chi connectivity index (χ3n) is 8.49. The van der Waals surface area contributed by atoms with Crippen LogP contribution in [0.1, 0.15) is 33.6 Å². The number of pyridine rings is 2. The van der Waals surface area contributed by atoms with Crippen LogP contribution in [0.4, 0.5) is 0 Å². The predicted molar refractivity (Wildman–Crippen MR) is 202 cm³/mol. The molecule has 4 aromatic carbocycles. The first-order chi connectivity index (χ1) is 22.5. The largest absolute Gasteiger partial charge is 0.305 e. The molecule has 1 radical (unpaired) electrons. The number of hydrogen-bond donors (Lipinski definition) is 0. The summed E-state index contributed by atoms with van der Waals surface area (Å²) in [5.41, 5.74) is 7.41. The molecule has 0 saturated heterocycles. The van der Waals surface area contributed by atoms with Crippen molar-refractivity contribution >= 4 is 44.8 Å². The molecule has 1 unspecified atom stereocenters. The molecule has 239 valence electrons. The minimum Gasteiger partial charge on any atom is -0.305 e. The normalized spacial score (nSPS) is 13.0. The van der Waals surface area contributed by atoms with Gasteiger partial charge in [0.25, 0.3) is 0 Å². The topological polar surface area (TPSA) is 25.8 Å². The van der Waals surface area contributed by atoms with Gasteiger partial charge in [0.15, 0.2) is 0 Å². The molecule has 47 heavy (non-hydrogen) atoms. The van der Waals surface area contributed by atoms with Crippen LogP contribution in [0.5, 0.6) is 0 Å². The van der Waals surface area contributed by atoms with Gasteiger partial charge >= 0.3 is 0 Å². The number of rotatable bonds is 6. The van der Waals surface area contributed by atoms with Gasteiger partial charge in [-0.3, -0.25) is 0 Å². The molecule has 0 fully saturated rings. The van der Waals surface area contributed by atoms with Crippen LogP contribution in [0.15, 0.2) is 122 Å². The molecule has 0 spiro atoms. The van der Waals surface area contributed by atoms with Crippen LogP contribution >= 0.6 is 11.3 Å². The van der Waals surface area contributed by atoms with Crippen molar-refractivity contribution in [1.82, 2.24) is 9.97 Å². The van der Waals surface area contributed by atoms with E-state index in [1.165, 1.54) is 36.5 Å². The summed E-state index contributed by atoms with van der Waals surface area (Å²) in [6, 6.07) is 44.2. The van der Waals surface area contributed by atoms with Crippen molar-refractivity contribution in [3.8, 4) is 33.6 Å². The van der Waals surface area contributed by atoms with Gasteiger partial charge in [0.05, 0.1) is 8.07 Å². The molecular weight excluding hydrogens is 785 g/mol. The Balaban J connectivity index is 0.000000224. The fraction of sp³-hybridized carbons (Fsp3) is 0.190. The fourth-order valence-electron chi connectivity index (χ4n) is 5.44. The summed E-state index contributed by atoms with van der Waals surface area (Å²) >= 11 is 1.79. The van der Waals surface area contributed by atoms with Crippen molar-refractivity contribution in [1.29, 1.82) is 0 Å². The van der Waals surface area contributed by atoms with E-state index in [1.807, 2.05) is 61.8 Å². The van der Waals surface area contributed by atoms with Crippen LogP contribution in [0.2, 0.25) is 19.6 Å². The minimum atomic E-state index is -1.23. The van der Waals surface area contributed by atoms with Crippen molar-refractivity contribution in [3.05, 3.63) is 139 Å². The molecule has 2 nitrogen and oxygen atoms in total. The van der Waals surface area contributed by atoms with E-state index in [1.54, 1.807) is 11.3 Å². The molecule has 3 aromatic heterocycles. The van der Waals surface area contributed by atoms with E-state index in [4.69, 9.17) is 1.37 Å². The molecular formula is C42H40IrN2SSi-2. The first-order valence-electron chi connectivity index (χ1n) is 16.4. The molecule has 7 rings (SSSR count). The van der Waals surface area contributed by atoms with Crippen LogP contribution in [0, 0.1) is 18.1 Å². The standard InChI is InChI=1S/C28H24NS.C14H16NSi.Ir/c1-18(2)19(3)21-14-15-29-26(16-21)25-11-7-10-24-23-13-12-22(17-27(23)30-28(24)25)20-8-5-4-6-9-20;1-16(2,3)13-9-10-14(15-11-13)12-7-5-4-6-8-12;/h4-10,12-19H,1-3H3;4-7,9-11H,1-3H3;/q2*-1;/i19D;;. The van der Waals surface area contributed by atoms with Crippen molar-refractivity contribution in [3.63, 3.8) is 0 Å². The monoisotopic (exact) mass is 826 g/mol. The van der Waals surface area contributed by atoms with E-state index in [0.717, 1.165) is 28.1 Å². The molecule has 5 heteroatoms. The van der Waals surface area contributed by atoms with E-state index >= 15 is 0 Å². The Kier molecular flexibility index (Phi) is 10.6. The average Bonchev–Trinajstić information content (AvgIpc) is 3.47. The van der Waals surface area contributed by atoms with Crippen LogP contribution in [-0.2, 0) is 20.1 Å². The summed E-state index contributed by atoms with van der Waals surface area (Å²) in [7, 11) is -1.23. The van der Waals surface area contributed by atoms with Crippen LogP contribution in [-0.4, -0.2) is 18.0 Å². The van der Waals surface area contributed by atoms with E-state index in [2.05, 4.69) is 122 Å². The van der Waals surface area contributed by atoms with Gasteiger partial charge in [-0.1, -0.05) is 112 Å². The van der Waals surface area contributed by atoms with Gasteiger partial charge in [-0.25, -0.2) is 0 Å². The van der Waals surface area contributed by atoms with Gasteiger partial charge in [-0.2, -0.15) is 11.3 Å². The summed E-state index contributed by atoms with van der Waals surface area (Å²) < 4.78 is 11.3. The van der Waals surface area contributed by atoms with E-state index in [-0.39, 0.29) is 26.0 Å². The molecule has 0 aliphatic heterocycles. The number of benzene rings is 4. The second-order valence-corrected chi connectivity index (χ2v) is 19.1. The first-order valence-corrected chi connectivity index (χ1v) is 20.2. The Labute approximate surface area is 299 Å². The average molecular weight is 826 g/mol. The zero-order chi connectivity index (χ0) is 33.2. The minimum absolute atomic E-state index is 0. The van der Waals surface area contributed by atoms with Crippen LogP contribution in [0.25, 0.3) is 53.8 Å². The first kappa shape index (κ1) is 33.2. The zero-order valence-electron chi connectivity index (χ0n) is 28.8. The van der Waals surface area contributed by atoms with Crippen LogP contribution in [0.3, 0.4) is 0 Å². The van der Waals surface area contributed by atoms with E-state index in [0.29, 0.717) is 0 Å². The number of hydrogen-bond acceptors (Lipinski definition) is 3. The van der Waals surface area contributed by atoms with Gasteiger partial charge in [0.2, 0.25) is 0 Å². The maximum absolute atomic E-state index is 8.80. The predicted octanol–water partition coefficient (Wildman–Crippen LogP) is 11.4. The third-order valence-corrected chi connectivity index (χ3v) is 11.7. The van der Waals surface area contributed by atoms with Gasteiger partial charge in [0.1, 0.15) is 0 Å². The summed E-state index contributed by atoms with van der Waals surface area (Å²) in [6.45, 7) is 13.2. The van der Waals surface area contributed by atoms with Crippen molar-refractivity contribution in [2.45, 2.75) is 46.3 Å². The maximum Gasteiger partial charge on any atom is 0.0795 e. The smallest absolute Gasteiger partial charge is 0.0795 e. The zero-order valence-corrected chi connectivity index (χ0v) is 32.0. The van der Waals surface area contributed by atoms with Crippen LogP contribution < -0.4 is 5.19 Å². The van der Waals surface area contributed by atoms with Crippen molar-refractivity contribution in [2.75, 3.05) is 0 Å². The molecule has 0 aliphatic carbocycles. The quantitative estimate of drug-likeness (QED) is 0.123. The number of nitrogens with zero attached hydrogens (tertiary/aromatic N) is 2. The number of aromatic nitrogens is 2. The Hall–Kier alpha value is -3.73. The number of fused-ring (bicyclic) bond motifs is 3. The van der Waals surface area contributed by atoms with Gasteiger partial charge in [0, 0.05) is 38.6 Å². The summed E-state index contributed by atoms with van der Waals surface area (Å²) in [5, 5.41) is 3.89. The van der Waals surface area contributed by atoms with E-state index < -0.39 is 14.0 Å². The van der Waals surface area contributed by atoms with Crippen molar-refractivity contribution < 1.29 is 21.5 Å². The molecule has 7 aromatic rings. The van der Waals surface area contributed by atoms with E-state index in [9.17, 15) is 0 Å². The summed E-state index contributed by atoms with van der Waals surface area (Å²) in [5.74, 6) is -0.445. The third kappa shape index (κ3) is 7.88. The second kappa shape index (κ2) is 15.0. The van der Waals surface area contributed by atoms with Gasteiger partial charge in [-0.05, 0) is 61.7 Å². The second-order valence-electron chi connectivity index (χ2n) is 13.0. The Morgan fingerprint density at radius 3 is 2.19 bits per heavy atom. The molecule has 1 atom stereocenters. The molecule has 0 amide bonds. The Morgan fingerprint density at radius 2 is 1.51 bits per heavy atom. The van der Waals surface area contributed by atoms with Gasteiger partial charge < -0.3 is 9.97 Å². The Bertz CT molecular complexity index is 2120. The molecule has 0 N–H and O–H groups in total. The summed E-state index contributed by atoms with van der Waals surface area (Å²) in [4.78, 5) is 9.18. The molecule has 3 heterocycles.